The maximum atomic E-state index is 12.3. The Morgan fingerprint density at radius 3 is 2.24 bits per heavy atom. The minimum Gasteiger partial charge on any atom is -0.349 e. The Balaban J connectivity index is 2.30. The van der Waals surface area contributed by atoms with Crippen LogP contribution in [-0.2, 0) is 0 Å². The van der Waals surface area contributed by atoms with E-state index in [1.807, 2.05) is 26.8 Å². The molecule has 4 heteroatoms. The van der Waals surface area contributed by atoms with E-state index in [1.54, 1.807) is 12.1 Å². The third kappa shape index (κ3) is 3.38. The average Bonchev–Trinajstić information content (AvgIpc) is 2.38. The molecule has 0 bridgehead atoms. The van der Waals surface area contributed by atoms with Gasteiger partial charge in [-0.25, -0.2) is 9.97 Å². The molecule has 4 nitrogen and oxygen atoms in total. The van der Waals surface area contributed by atoms with E-state index in [9.17, 15) is 4.79 Å². The van der Waals surface area contributed by atoms with E-state index in [4.69, 9.17) is 0 Å². The van der Waals surface area contributed by atoms with E-state index in [2.05, 4.69) is 36.1 Å². The van der Waals surface area contributed by atoms with Gasteiger partial charge in [-0.3, -0.25) is 4.79 Å². The normalized spacial score (nSPS) is 13.2. The summed E-state index contributed by atoms with van der Waals surface area (Å²) in [5, 5.41) is 3.04. The van der Waals surface area contributed by atoms with Crippen molar-refractivity contribution >= 4 is 16.9 Å². The van der Waals surface area contributed by atoms with Crippen LogP contribution >= 0.6 is 0 Å². The first-order valence-electron chi connectivity index (χ1n) is 7.24. The zero-order valence-electron chi connectivity index (χ0n) is 13.6. The van der Waals surface area contributed by atoms with E-state index in [-0.39, 0.29) is 17.4 Å². The summed E-state index contributed by atoms with van der Waals surface area (Å²) in [5.41, 5.74) is 4.04. The molecule has 1 amide bonds. The Morgan fingerprint density at radius 2 is 1.67 bits per heavy atom. The van der Waals surface area contributed by atoms with Crippen molar-refractivity contribution in [3.63, 3.8) is 0 Å². The fourth-order valence-electron chi connectivity index (χ4n) is 1.87. The van der Waals surface area contributed by atoms with Crippen molar-refractivity contribution < 1.29 is 4.79 Å². The molecule has 2 aromatic rings. The van der Waals surface area contributed by atoms with Gasteiger partial charge in [0.05, 0.1) is 22.4 Å². The molecular weight excluding hydrogens is 262 g/mol. The molecule has 0 aliphatic heterocycles. The summed E-state index contributed by atoms with van der Waals surface area (Å²) in [6.07, 6.45) is 0. The fraction of sp³-hybridized carbons (Fsp3) is 0.471. The van der Waals surface area contributed by atoms with E-state index < -0.39 is 0 Å². The quantitative estimate of drug-likeness (QED) is 0.920. The lowest BCUT2D eigenvalue weighted by molar-refractivity contribution is 0.0910. The third-order valence-electron chi connectivity index (χ3n) is 3.98. The number of aromatic nitrogens is 2. The summed E-state index contributed by atoms with van der Waals surface area (Å²) in [6, 6.07) is 5.55. The van der Waals surface area contributed by atoms with Crippen LogP contribution in [0.3, 0.4) is 0 Å². The van der Waals surface area contributed by atoms with Crippen molar-refractivity contribution in [1.29, 1.82) is 0 Å². The molecule has 112 valence electrons. The molecule has 21 heavy (non-hydrogen) atoms. The smallest absolute Gasteiger partial charge is 0.251 e. The monoisotopic (exact) mass is 285 g/mol. The summed E-state index contributed by atoms with van der Waals surface area (Å²) < 4.78 is 0. The van der Waals surface area contributed by atoms with E-state index in [0.29, 0.717) is 5.56 Å². The van der Waals surface area contributed by atoms with E-state index in [1.165, 1.54) is 0 Å². The lowest BCUT2D eigenvalue weighted by Gasteiger charge is -2.28. The van der Waals surface area contributed by atoms with Crippen LogP contribution in [0.5, 0.6) is 0 Å². The Labute approximate surface area is 126 Å². The summed E-state index contributed by atoms with van der Waals surface area (Å²) in [6.45, 7) is 12.2. The molecule has 0 aliphatic carbocycles. The maximum absolute atomic E-state index is 12.3. The molecular formula is C17H23N3O. The Morgan fingerprint density at radius 1 is 1.10 bits per heavy atom. The third-order valence-corrected chi connectivity index (χ3v) is 3.98. The highest BCUT2D eigenvalue weighted by atomic mass is 16.1. The number of fused-ring (bicyclic) bond motifs is 1. The first-order chi connectivity index (χ1) is 9.68. The second kappa shape index (κ2) is 5.43. The van der Waals surface area contributed by atoms with Crippen molar-refractivity contribution in [3.05, 3.63) is 35.2 Å². The number of nitrogens with zero attached hydrogens (tertiary/aromatic N) is 2. The van der Waals surface area contributed by atoms with Crippen LogP contribution in [0.1, 0.15) is 49.4 Å². The number of rotatable bonds is 2. The van der Waals surface area contributed by atoms with Gasteiger partial charge in [-0.05, 0) is 44.4 Å². The molecule has 1 unspecified atom stereocenters. The van der Waals surface area contributed by atoms with Crippen LogP contribution in [0.25, 0.3) is 11.0 Å². The molecule has 1 heterocycles. The molecule has 0 fully saturated rings. The van der Waals surface area contributed by atoms with Crippen molar-refractivity contribution in [1.82, 2.24) is 15.3 Å². The molecule has 1 N–H and O–H groups in total. The summed E-state index contributed by atoms with van der Waals surface area (Å²) >= 11 is 0. The van der Waals surface area contributed by atoms with Crippen LogP contribution in [0.2, 0.25) is 0 Å². The number of hydrogen-bond acceptors (Lipinski definition) is 3. The Kier molecular flexibility index (Phi) is 3.99. The molecule has 2 rings (SSSR count). The minimum atomic E-state index is -0.0700. The second-order valence-electron chi connectivity index (χ2n) is 6.66. The van der Waals surface area contributed by atoms with Crippen LogP contribution in [-0.4, -0.2) is 21.9 Å². The van der Waals surface area contributed by atoms with Crippen LogP contribution < -0.4 is 5.32 Å². The van der Waals surface area contributed by atoms with E-state index in [0.717, 1.165) is 22.4 Å². The van der Waals surface area contributed by atoms with Gasteiger partial charge in [0.15, 0.2) is 0 Å². The highest BCUT2D eigenvalue weighted by Crippen LogP contribution is 2.20. The molecule has 0 saturated carbocycles. The number of nitrogens with one attached hydrogen (secondary N) is 1. The van der Waals surface area contributed by atoms with Crippen molar-refractivity contribution in [2.45, 2.75) is 47.6 Å². The van der Waals surface area contributed by atoms with Crippen molar-refractivity contribution in [3.8, 4) is 0 Å². The van der Waals surface area contributed by atoms with Crippen LogP contribution in [0.4, 0.5) is 0 Å². The van der Waals surface area contributed by atoms with Crippen LogP contribution in [0, 0.1) is 19.3 Å². The SMILES string of the molecule is Cc1nc2ccc(C(=O)NC(C)C(C)(C)C)cc2nc1C. The van der Waals surface area contributed by atoms with Crippen molar-refractivity contribution in [2.24, 2.45) is 5.41 Å². The fourth-order valence-corrected chi connectivity index (χ4v) is 1.87. The maximum Gasteiger partial charge on any atom is 0.251 e. The molecule has 0 radical (unpaired) electrons. The van der Waals surface area contributed by atoms with Gasteiger partial charge in [-0.2, -0.15) is 0 Å². The highest BCUT2D eigenvalue weighted by Gasteiger charge is 2.22. The van der Waals surface area contributed by atoms with Crippen molar-refractivity contribution in [2.75, 3.05) is 0 Å². The van der Waals surface area contributed by atoms with Gasteiger partial charge in [0.2, 0.25) is 0 Å². The number of amides is 1. The standard InChI is InChI=1S/C17H23N3O/c1-10-11(2)19-15-9-13(7-8-14(15)18-10)16(21)20-12(3)17(4,5)6/h7-9,12H,1-6H3,(H,20,21). The first-order valence-corrected chi connectivity index (χ1v) is 7.24. The van der Waals surface area contributed by atoms with Gasteiger partial charge in [-0.15, -0.1) is 0 Å². The predicted octanol–water partition coefficient (Wildman–Crippen LogP) is 3.41. The number of benzene rings is 1. The molecule has 0 saturated heterocycles. The second-order valence-corrected chi connectivity index (χ2v) is 6.66. The minimum absolute atomic E-state index is 0.0278. The number of hydrogen-bond donors (Lipinski definition) is 1. The summed E-state index contributed by atoms with van der Waals surface area (Å²) in [5.74, 6) is -0.0700. The zero-order chi connectivity index (χ0) is 15.8. The number of carbonyl (C=O) groups excluding carboxylic acids is 1. The molecule has 0 aliphatic rings. The largest absolute Gasteiger partial charge is 0.349 e. The van der Waals surface area contributed by atoms with Crippen LogP contribution in [0.15, 0.2) is 18.2 Å². The van der Waals surface area contributed by atoms with Gasteiger partial charge in [-0.1, -0.05) is 20.8 Å². The summed E-state index contributed by atoms with van der Waals surface area (Å²) in [7, 11) is 0. The zero-order valence-corrected chi connectivity index (χ0v) is 13.6. The van der Waals surface area contributed by atoms with Gasteiger partial charge in [0, 0.05) is 11.6 Å². The van der Waals surface area contributed by atoms with Gasteiger partial charge in [0.1, 0.15) is 0 Å². The lowest BCUT2D eigenvalue weighted by atomic mass is 9.88. The average molecular weight is 285 g/mol. The van der Waals surface area contributed by atoms with Gasteiger partial charge < -0.3 is 5.32 Å². The molecule has 1 atom stereocenters. The van der Waals surface area contributed by atoms with Gasteiger partial charge in [0.25, 0.3) is 5.91 Å². The predicted molar refractivity (Wildman–Crippen MR) is 85.4 cm³/mol. The molecule has 1 aromatic carbocycles. The number of carbonyl (C=O) groups is 1. The molecule has 1 aromatic heterocycles. The first kappa shape index (κ1) is 15.4. The highest BCUT2D eigenvalue weighted by molar-refractivity contribution is 5.97. The number of aryl methyl sites for hydroxylation is 2. The molecule has 0 spiro atoms. The Bertz CT molecular complexity index is 686. The van der Waals surface area contributed by atoms with Gasteiger partial charge >= 0.3 is 0 Å². The lowest BCUT2D eigenvalue weighted by Crippen LogP contribution is -2.41. The summed E-state index contributed by atoms with van der Waals surface area (Å²) in [4.78, 5) is 21.3. The Hall–Kier alpha value is -1.97. The topological polar surface area (TPSA) is 54.9 Å². The van der Waals surface area contributed by atoms with E-state index >= 15 is 0 Å².